The normalized spacial score (nSPS) is 12.2. The fourth-order valence-corrected chi connectivity index (χ4v) is 2.37. The van der Waals surface area contributed by atoms with Crippen molar-refractivity contribution in [3.05, 3.63) is 51.3 Å². The van der Waals surface area contributed by atoms with E-state index in [1.165, 1.54) is 0 Å². The summed E-state index contributed by atoms with van der Waals surface area (Å²) in [6.45, 7) is 1.91. The minimum atomic E-state index is -0.776. The second-order valence-corrected chi connectivity index (χ2v) is 5.67. The fraction of sp³-hybridized carbons (Fsp3) is 0.333. The van der Waals surface area contributed by atoms with Crippen LogP contribution in [-0.2, 0) is 11.2 Å². The monoisotopic (exact) mass is 342 g/mol. The van der Waals surface area contributed by atoms with Crippen molar-refractivity contribution in [2.45, 2.75) is 25.9 Å². The molecule has 0 aliphatic carbocycles. The summed E-state index contributed by atoms with van der Waals surface area (Å²) < 4.78 is 4.83. The average Bonchev–Trinajstić information content (AvgIpc) is 2.82. The molecule has 0 unspecified atom stereocenters. The maximum absolute atomic E-state index is 11.8. The Hall–Kier alpha value is -1.56. The topological polar surface area (TPSA) is 75.4 Å². The number of nitrogens with one attached hydrogen (secondary N) is 1. The molecule has 0 saturated heterocycles. The Bertz CT molecular complexity index is 621. The Labute approximate surface area is 138 Å². The van der Waals surface area contributed by atoms with E-state index in [1.54, 1.807) is 31.2 Å². The van der Waals surface area contributed by atoms with Crippen molar-refractivity contribution < 1.29 is 14.4 Å². The van der Waals surface area contributed by atoms with Crippen molar-refractivity contribution >= 4 is 29.1 Å². The molecule has 7 heteroatoms. The van der Waals surface area contributed by atoms with Crippen LogP contribution in [0.15, 0.2) is 28.8 Å². The van der Waals surface area contributed by atoms with Crippen molar-refractivity contribution in [3.8, 4) is 0 Å². The first-order valence-electron chi connectivity index (χ1n) is 6.78. The molecule has 1 heterocycles. The number of rotatable bonds is 6. The Morgan fingerprint density at radius 2 is 2.05 bits per heavy atom. The summed E-state index contributed by atoms with van der Waals surface area (Å²) in [6.07, 6.45) is -0.0891. The molecule has 0 fully saturated rings. The third-order valence-corrected chi connectivity index (χ3v) is 3.84. The Kier molecular flexibility index (Phi) is 5.83. The molecule has 2 N–H and O–H groups in total. The molecule has 1 atom stereocenters. The third-order valence-electron chi connectivity index (χ3n) is 3.29. The van der Waals surface area contributed by atoms with Gasteiger partial charge in [-0.2, -0.15) is 0 Å². The molecular weight excluding hydrogens is 327 g/mol. The van der Waals surface area contributed by atoms with Crippen LogP contribution in [0, 0.1) is 6.92 Å². The number of aliphatic hydroxyl groups excluding tert-OH is 1. The molecule has 0 saturated carbocycles. The predicted molar refractivity (Wildman–Crippen MR) is 84.0 cm³/mol. The first-order chi connectivity index (χ1) is 10.5. The molecule has 1 aromatic heterocycles. The first-order valence-corrected chi connectivity index (χ1v) is 7.54. The van der Waals surface area contributed by atoms with Crippen molar-refractivity contribution in [3.63, 3.8) is 0 Å². The van der Waals surface area contributed by atoms with Crippen molar-refractivity contribution in [2.24, 2.45) is 0 Å². The van der Waals surface area contributed by atoms with Gasteiger partial charge in [0.2, 0.25) is 11.1 Å². The lowest BCUT2D eigenvalue weighted by Crippen LogP contribution is -2.28. The molecule has 0 bridgehead atoms. The fourth-order valence-electron chi connectivity index (χ4n) is 1.98. The van der Waals surface area contributed by atoms with Crippen LogP contribution in [0.5, 0.6) is 0 Å². The molecule has 5 nitrogen and oxygen atoms in total. The van der Waals surface area contributed by atoms with E-state index in [2.05, 4.69) is 10.5 Å². The van der Waals surface area contributed by atoms with Crippen LogP contribution < -0.4 is 5.32 Å². The van der Waals surface area contributed by atoms with Gasteiger partial charge in [0.25, 0.3) is 0 Å². The highest BCUT2D eigenvalue weighted by Crippen LogP contribution is 2.20. The Morgan fingerprint density at radius 3 is 2.64 bits per heavy atom. The molecule has 0 aliphatic rings. The standard InChI is InChI=1S/C15H16Cl2N2O3/c1-9-12(15(17)22-19-9)6-7-14(21)18-8-13(20)10-2-4-11(16)5-3-10/h2-5,13,20H,6-8H2,1H3,(H,18,21)/t13-/m0/s1. The van der Waals surface area contributed by atoms with E-state index in [4.69, 9.17) is 27.7 Å². The summed E-state index contributed by atoms with van der Waals surface area (Å²) in [5.74, 6) is -0.176. The lowest BCUT2D eigenvalue weighted by Gasteiger charge is -2.12. The number of halogens is 2. The lowest BCUT2D eigenvalue weighted by molar-refractivity contribution is -0.121. The van der Waals surface area contributed by atoms with Crippen LogP contribution in [0.2, 0.25) is 10.2 Å². The summed E-state index contributed by atoms with van der Waals surface area (Å²) in [5, 5.41) is 17.2. The zero-order valence-electron chi connectivity index (χ0n) is 12.0. The Balaban J connectivity index is 1.79. The highest BCUT2D eigenvalue weighted by Gasteiger charge is 2.14. The van der Waals surface area contributed by atoms with Gasteiger partial charge in [-0.15, -0.1) is 0 Å². The van der Waals surface area contributed by atoms with Crippen molar-refractivity contribution in [2.75, 3.05) is 6.54 Å². The zero-order valence-corrected chi connectivity index (χ0v) is 13.5. The second kappa shape index (κ2) is 7.63. The van der Waals surface area contributed by atoms with Gasteiger partial charge in [0, 0.05) is 23.6 Å². The number of aliphatic hydroxyl groups is 1. The molecule has 118 valence electrons. The van der Waals surface area contributed by atoms with E-state index < -0.39 is 6.10 Å². The highest BCUT2D eigenvalue weighted by molar-refractivity contribution is 6.30. The number of hydrogen-bond acceptors (Lipinski definition) is 4. The third kappa shape index (κ3) is 4.47. The molecule has 22 heavy (non-hydrogen) atoms. The molecule has 0 radical (unpaired) electrons. The summed E-state index contributed by atoms with van der Waals surface area (Å²) in [4.78, 5) is 11.8. The molecule has 1 aromatic carbocycles. The molecule has 2 rings (SSSR count). The van der Waals surface area contributed by atoms with Gasteiger partial charge < -0.3 is 14.9 Å². The molecular formula is C15H16Cl2N2O3. The van der Waals surface area contributed by atoms with Gasteiger partial charge >= 0.3 is 0 Å². The van der Waals surface area contributed by atoms with E-state index in [0.717, 1.165) is 5.56 Å². The van der Waals surface area contributed by atoms with E-state index in [-0.39, 0.29) is 24.1 Å². The largest absolute Gasteiger partial charge is 0.387 e. The van der Waals surface area contributed by atoms with Gasteiger partial charge in [-0.1, -0.05) is 28.9 Å². The number of aromatic nitrogens is 1. The predicted octanol–water partition coefficient (Wildman–Crippen LogP) is 3.07. The summed E-state index contributed by atoms with van der Waals surface area (Å²) in [7, 11) is 0. The minimum absolute atomic E-state index is 0.136. The lowest BCUT2D eigenvalue weighted by atomic mass is 10.1. The molecule has 2 aromatic rings. The number of hydrogen-bond donors (Lipinski definition) is 2. The number of benzene rings is 1. The van der Waals surface area contributed by atoms with E-state index in [0.29, 0.717) is 22.7 Å². The smallest absolute Gasteiger partial charge is 0.229 e. The number of carbonyl (C=O) groups excluding carboxylic acids is 1. The maximum Gasteiger partial charge on any atom is 0.229 e. The van der Waals surface area contributed by atoms with Crippen LogP contribution in [0.3, 0.4) is 0 Å². The Morgan fingerprint density at radius 1 is 1.36 bits per heavy atom. The average molecular weight is 343 g/mol. The number of amides is 1. The summed E-state index contributed by atoms with van der Waals surface area (Å²) in [6, 6.07) is 6.83. The first kappa shape index (κ1) is 16.8. The molecule has 0 spiro atoms. The van der Waals surface area contributed by atoms with Gasteiger partial charge in [-0.05, 0) is 42.6 Å². The summed E-state index contributed by atoms with van der Waals surface area (Å²) in [5.41, 5.74) is 2.11. The quantitative estimate of drug-likeness (QED) is 0.845. The number of nitrogens with zero attached hydrogens (tertiary/aromatic N) is 1. The SMILES string of the molecule is Cc1noc(Cl)c1CCC(=O)NC[C@H](O)c1ccc(Cl)cc1. The molecule has 1 amide bonds. The summed E-state index contributed by atoms with van der Waals surface area (Å²) >= 11 is 11.6. The molecule has 0 aliphatic heterocycles. The zero-order chi connectivity index (χ0) is 16.1. The van der Waals surface area contributed by atoms with Crippen molar-refractivity contribution in [1.29, 1.82) is 0 Å². The van der Waals surface area contributed by atoms with Crippen molar-refractivity contribution in [1.82, 2.24) is 10.5 Å². The van der Waals surface area contributed by atoms with E-state index >= 15 is 0 Å². The van der Waals surface area contributed by atoms with Crippen LogP contribution >= 0.6 is 23.2 Å². The van der Waals surface area contributed by atoms with Gasteiger partial charge in [0.1, 0.15) is 0 Å². The number of carbonyl (C=O) groups is 1. The van der Waals surface area contributed by atoms with Crippen LogP contribution in [0.25, 0.3) is 0 Å². The maximum atomic E-state index is 11.8. The van der Waals surface area contributed by atoms with Crippen LogP contribution in [0.1, 0.15) is 29.3 Å². The van der Waals surface area contributed by atoms with E-state index in [9.17, 15) is 9.90 Å². The second-order valence-electron chi connectivity index (χ2n) is 4.89. The number of aryl methyl sites for hydroxylation is 1. The van der Waals surface area contributed by atoms with Gasteiger partial charge in [-0.25, -0.2) is 0 Å². The minimum Gasteiger partial charge on any atom is -0.387 e. The van der Waals surface area contributed by atoms with Gasteiger partial charge in [-0.3, -0.25) is 4.79 Å². The van der Waals surface area contributed by atoms with Gasteiger partial charge in [0.05, 0.1) is 11.8 Å². The van der Waals surface area contributed by atoms with Crippen LogP contribution in [0.4, 0.5) is 0 Å². The van der Waals surface area contributed by atoms with Gasteiger partial charge in [0.15, 0.2) is 0 Å². The highest BCUT2D eigenvalue weighted by atomic mass is 35.5. The van der Waals surface area contributed by atoms with E-state index in [1.807, 2.05) is 0 Å². The van der Waals surface area contributed by atoms with Crippen LogP contribution in [-0.4, -0.2) is 22.7 Å².